The van der Waals surface area contributed by atoms with Crippen molar-refractivity contribution < 1.29 is 27.4 Å². The van der Waals surface area contributed by atoms with Crippen molar-refractivity contribution in [2.75, 3.05) is 20.8 Å². The van der Waals surface area contributed by atoms with Crippen LogP contribution < -0.4 is 15.2 Å². The lowest BCUT2D eigenvalue weighted by atomic mass is 10.1. The van der Waals surface area contributed by atoms with E-state index in [2.05, 4.69) is 14.7 Å². The van der Waals surface area contributed by atoms with Crippen molar-refractivity contribution >= 4 is 37.9 Å². The molecule has 2 heterocycles. The number of benzene rings is 1. The van der Waals surface area contributed by atoms with Gasteiger partial charge in [0.05, 0.1) is 11.4 Å². The summed E-state index contributed by atoms with van der Waals surface area (Å²) in [6.07, 6.45) is -1.83. The number of aromatic amines is 1. The number of hydrogen-bond acceptors (Lipinski definition) is 8. The second-order valence-corrected chi connectivity index (χ2v) is 7.62. The molecule has 0 saturated carbocycles. The van der Waals surface area contributed by atoms with Gasteiger partial charge >= 0.3 is 6.09 Å². The van der Waals surface area contributed by atoms with E-state index in [0.717, 1.165) is 0 Å². The minimum absolute atomic E-state index is 0.00968. The number of aromatic nitrogens is 2. The molecule has 0 aliphatic rings. The third-order valence-electron chi connectivity index (χ3n) is 4.12. The summed E-state index contributed by atoms with van der Waals surface area (Å²) in [5.41, 5.74) is 5.89. The summed E-state index contributed by atoms with van der Waals surface area (Å²) in [5, 5.41) is 10.1. The van der Waals surface area contributed by atoms with Gasteiger partial charge < -0.3 is 24.9 Å². The minimum atomic E-state index is -3.87. The van der Waals surface area contributed by atoms with Crippen LogP contribution in [0.3, 0.4) is 0 Å². The summed E-state index contributed by atoms with van der Waals surface area (Å²) < 4.78 is 42.5. The maximum atomic E-state index is 12.6. The summed E-state index contributed by atoms with van der Waals surface area (Å²) in [6.45, 7) is -0.0830. The first-order chi connectivity index (χ1) is 13.8. The zero-order valence-electron chi connectivity index (χ0n) is 15.4. The van der Waals surface area contributed by atoms with Crippen LogP contribution in [-0.4, -0.2) is 51.5 Å². The molecule has 0 saturated heterocycles. The topological polar surface area (TPSA) is 169 Å². The summed E-state index contributed by atoms with van der Waals surface area (Å²) >= 11 is 0. The molecule has 3 rings (SSSR count). The highest BCUT2D eigenvalue weighted by atomic mass is 32.2. The number of amides is 1. The predicted molar refractivity (Wildman–Crippen MR) is 102 cm³/mol. The van der Waals surface area contributed by atoms with Crippen molar-refractivity contribution in [2.24, 2.45) is 5.73 Å². The highest BCUT2D eigenvalue weighted by Crippen LogP contribution is 2.32. The van der Waals surface area contributed by atoms with Crippen molar-refractivity contribution in [3.8, 4) is 11.9 Å². The molecule has 0 bridgehead atoms. The molecule has 12 heteroatoms. The Balaban J connectivity index is 2.10. The van der Waals surface area contributed by atoms with Gasteiger partial charge in [0.1, 0.15) is 17.3 Å². The number of nitrogens with zero attached hydrogens (tertiary/aromatic N) is 2. The molecule has 11 nitrogen and oxygen atoms in total. The predicted octanol–water partition coefficient (Wildman–Crippen LogP) is 0.942. The molecule has 4 N–H and O–H groups in total. The van der Waals surface area contributed by atoms with E-state index in [1.807, 2.05) is 6.07 Å². The molecule has 29 heavy (non-hydrogen) atoms. The van der Waals surface area contributed by atoms with Gasteiger partial charge in [0, 0.05) is 30.5 Å². The van der Waals surface area contributed by atoms with E-state index in [9.17, 15) is 18.5 Å². The number of ether oxygens (including phenoxy) is 3. The Morgan fingerprint density at radius 2 is 2.03 bits per heavy atom. The molecule has 2 aromatic heterocycles. The number of H-pyrrole nitrogens is 1. The second-order valence-electron chi connectivity index (χ2n) is 5.85. The first-order valence-electron chi connectivity index (χ1n) is 8.18. The van der Waals surface area contributed by atoms with Crippen LogP contribution in [0.2, 0.25) is 0 Å². The lowest BCUT2D eigenvalue weighted by Gasteiger charge is -2.14. The summed E-state index contributed by atoms with van der Waals surface area (Å²) in [5.74, 6) is -0.173. The molecular formula is C17H17N5O6S. The molecule has 1 aromatic carbocycles. The fourth-order valence-electron chi connectivity index (χ4n) is 2.76. The van der Waals surface area contributed by atoms with Gasteiger partial charge in [-0.05, 0) is 24.3 Å². The van der Waals surface area contributed by atoms with E-state index in [1.54, 1.807) is 6.07 Å². The Hall–Kier alpha value is -3.24. The van der Waals surface area contributed by atoms with Gasteiger partial charge in [0.15, 0.2) is 6.29 Å². The van der Waals surface area contributed by atoms with Crippen LogP contribution in [0.1, 0.15) is 5.69 Å². The number of nitriles is 1. The molecule has 0 aliphatic heterocycles. The van der Waals surface area contributed by atoms with Crippen molar-refractivity contribution in [1.82, 2.24) is 14.7 Å². The van der Waals surface area contributed by atoms with Crippen molar-refractivity contribution in [3.63, 3.8) is 0 Å². The van der Waals surface area contributed by atoms with E-state index in [-0.39, 0.29) is 23.0 Å². The van der Waals surface area contributed by atoms with E-state index < -0.39 is 22.4 Å². The number of fused-ring (bicyclic) bond motifs is 3. The van der Waals surface area contributed by atoms with Crippen molar-refractivity contribution in [3.05, 3.63) is 30.0 Å². The van der Waals surface area contributed by atoms with Gasteiger partial charge in [-0.2, -0.15) is 5.26 Å². The van der Waals surface area contributed by atoms with Crippen molar-refractivity contribution in [1.29, 1.82) is 5.26 Å². The summed E-state index contributed by atoms with van der Waals surface area (Å²) in [7, 11) is -1.08. The molecule has 1 amide bonds. The number of carbonyl (C=O) groups excluding carboxylic acids is 1. The molecule has 0 spiro atoms. The second kappa shape index (κ2) is 8.02. The number of rotatable bonds is 7. The van der Waals surface area contributed by atoms with E-state index in [4.69, 9.17) is 19.9 Å². The first kappa shape index (κ1) is 20.5. The smallest absolute Gasteiger partial charge is 0.389 e. The monoisotopic (exact) mass is 419 g/mol. The van der Waals surface area contributed by atoms with Crippen molar-refractivity contribution in [2.45, 2.75) is 11.2 Å². The van der Waals surface area contributed by atoms with E-state index in [1.165, 1.54) is 32.4 Å². The van der Waals surface area contributed by atoms with Gasteiger partial charge in [0.25, 0.3) is 0 Å². The molecule has 0 fully saturated rings. The number of sulfonamides is 1. The number of nitrogens with one attached hydrogen (secondary N) is 2. The van der Waals surface area contributed by atoms with Crippen LogP contribution in [0.15, 0.2) is 29.2 Å². The maximum Gasteiger partial charge on any atom is 0.411 e. The zero-order chi connectivity index (χ0) is 21.2. The lowest BCUT2D eigenvalue weighted by molar-refractivity contribution is -0.0960. The Morgan fingerprint density at radius 1 is 1.31 bits per heavy atom. The van der Waals surface area contributed by atoms with Crippen LogP contribution in [0, 0.1) is 11.3 Å². The van der Waals surface area contributed by atoms with Gasteiger partial charge in [-0.15, -0.1) is 0 Å². The number of methoxy groups -OCH3 is 2. The number of hydrogen-bond donors (Lipinski definition) is 3. The van der Waals surface area contributed by atoms with Crippen LogP contribution in [-0.2, 0) is 19.5 Å². The van der Waals surface area contributed by atoms with Gasteiger partial charge in [0.2, 0.25) is 15.9 Å². The van der Waals surface area contributed by atoms with Gasteiger partial charge in [-0.1, -0.05) is 0 Å². The molecule has 152 valence electrons. The third kappa shape index (κ3) is 4.13. The Labute approximate surface area is 165 Å². The number of primary amides is 1. The first-order valence-corrected chi connectivity index (χ1v) is 9.66. The number of nitrogens with two attached hydrogens (primary N) is 1. The standard InChI is InChI=1S/C17H17N5O6S/c1-26-14(27-2)8-20-29(24,25)10-3-4-13-11(6-10)12-5-9(7-18)21-16(15(12)22-13)28-17(19)23/h3-6,14,20,22H,8H2,1-2H3,(H2,19,23). The summed E-state index contributed by atoms with van der Waals surface area (Å²) in [4.78, 5) is 18.0. The number of pyridine rings is 1. The molecular weight excluding hydrogens is 402 g/mol. The molecule has 0 radical (unpaired) electrons. The maximum absolute atomic E-state index is 12.6. The Kier molecular flexibility index (Phi) is 5.66. The highest BCUT2D eigenvalue weighted by molar-refractivity contribution is 7.89. The van der Waals surface area contributed by atoms with E-state index in [0.29, 0.717) is 21.8 Å². The summed E-state index contributed by atoms with van der Waals surface area (Å²) in [6, 6.07) is 7.70. The van der Waals surface area contributed by atoms with Crippen LogP contribution in [0.4, 0.5) is 4.79 Å². The third-order valence-corrected chi connectivity index (χ3v) is 5.54. The highest BCUT2D eigenvalue weighted by Gasteiger charge is 2.20. The number of carbonyl (C=O) groups is 1. The van der Waals surface area contributed by atoms with Crippen LogP contribution in [0.5, 0.6) is 5.88 Å². The van der Waals surface area contributed by atoms with Crippen LogP contribution in [0.25, 0.3) is 21.8 Å². The lowest BCUT2D eigenvalue weighted by Crippen LogP contribution is -2.34. The normalized spacial score (nSPS) is 11.8. The Bertz CT molecular complexity index is 1230. The molecule has 0 atom stereocenters. The quantitative estimate of drug-likeness (QED) is 0.475. The largest absolute Gasteiger partial charge is 0.411 e. The van der Waals surface area contributed by atoms with Crippen LogP contribution >= 0.6 is 0 Å². The fourth-order valence-corrected chi connectivity index (χ4v) is 3.80. The van der Waals surface area contributed by atoms with Gasteiger partial charge in [-0.25, -0.2) is 22.9 Å². The molecule has 0 aliphatic carbocycles. The zero-order valence-corrected chi connectivity index (χ0v) is 16.2. The average Bonchev–Trinajstić information content (AvgIpc) is 3.06. The minimum Gasteiger partial charge on any atom is -0.389 e. The molecule has 0 unspecified atom stereocenters. The van der Waals surface area contributed by atoms with E-state index >= 15 is 0 Å². The fraction of sp³-hybridized carbons (Fsp3) is 0.235. The Morgan fingerprint density at radius 3 is 2.66 bits per heavy atom. The SMILES string of the molecule is COC(CNS(=O)(=O)c1ccc2[nH]c3c(OC(N)=O)nc(C#N)cc3c2c1)OC. The molecule has 3 aromatic rings. The average molecular weight is 419 g/mol. The van der Waals surface area contributed by atoms with Gasteiger partial charge in [-0.3, -0.25) is 0 Å².